The Kier molecular flexibility index (Phi) is 5.03. The van der Waals surface area contributed by atoms with Crippen LogP contribution < -0.4 is 5.32 Å². The highest BCUT2D eigenvalue weighted by Crippen LogP contribution is 2.30. The predicted octanol–water partition coefficient (Wildman–Crippen LogP) is 3.74. The third kappa shape index (κ3) is 3.45. The minimum Gasteiger partial charge on any atom is -0.391 e. The van der Waals surface area contributed by atoms with Gasteiger partial charge in [-0.3, -0.25) is 0 Å². The van der Waals surface area contributed by atoms with Gasteiger partial charge in [-0.2, -0.15) is 0 Å². The molecule has 1 aromatic carbocycles. The van der Waals surface area contributed by atoms with E-state index in [9.17, 15) is 27.1 Å². The number of benzene rings is 1. The van der Waals surface area contributed by atoms with Crippen LogP contribution in [-0.4, -0.2) is 17.8 Å². The molecule has 0 saturated heterocycles. The quantitative estimate of drug-likeness (QED) is 0.493. The molecule has 7 heteroatoms. The van der Waals surface area contributed by atoms with E-state index in [-0.39, 0.29) is 6.54 Å². The summed E-state index contributed by atoms with van der Waals surface area (Å²) in [5.74, 6) is -9.68. The number of hydrogen-bond acceptors (Lipinski definition) is 2. The molecule has 1 saturated carbocycles. The van der Waals surface area contributed by atoms with Crippen LogP contribution in [-0.2, 0) is 0 Å². The van der Waals surface area contributed by atoms with E-state index in [0.717, 1.165) is 25.7 Å². The Morgan fingerprint density at radius 3 is 1.90 bits per heavy atom. The van der Waals surface area contributed by atoms with Crippen LogP contribution in [0.1, 0.15) is 32.1 Å². The van der Waals surface area contributed by atoms with Crippen molar-refractivity contribution in [3.05, 3.63) is 29.1 Å². The molecule has 118 valence electrons. The lowest BCUT2D eigenvalue weighted by molar-refractivity contribution is 0.154. The lowest BCUT2D eigenvalue weighted by Crippen LogP contribution is -2.23. The number of halogens is 5. The van der Waals surface area contributed by atoms with E-state index < -0.39 is 40.9 Å². The fourth-order valence-electron chi connectivity index (χ4n) is 2.69. The van der Waals surface area contributed by atoms with Crippen molar-refractivity contribution >= 4 is 5.69 Å². The van der Waals surface area contributed by atoms with Gasteiger partial charge >= 0.3 is 0 Å². The summed E-state index contributed by atoms with van der Waals surface area (Å²) in [5.41, 5.74) is -1.10. The number of rotatable bonds is 5. The van der Waals surface area contributed by atoms with Crippen molar-refractivity contribution in [2.75, 3.05) is 11.9 Å². The molecule has 2 rings (SSSR count). The SMILES string of the molecule is OC(CNc1c(F)c(F)c(F)c(F)c1F)CC1CCCC1. The summed E-state index contributed by atoms with van der Waals surface area (Å²) in [6.07, 6.45) is 3.69. The van der Waals surface area contributed by atoms with Crippen molar-refractivity contribution in [1.29, 1.82) is 0 Å². The smallest absolute Gasteiger partial charge is 0.200 e. The fraction of sp³-hybridized carbons (Fsp3) is 0.571. The highest BCUT2D eigenvalue weighted by atomic mass is 19.2. The summed E-state index contributed by atoms with van der Waals surface area (Å²) in [4.78, 5) is 0. The molecule has 1 unspecified atom stereocenters. The van der Waals surface area contributed by atoms with E-state index in [1.807, 2.05) is 0 Å². The molecule has 0 heterocycles. The zero-order chi connectivity index (χ0) is 15.6. The molecule has 0 spiro atoms. The molecule has 2 N–H and O–H groups in total. The number of nitrogens with one attached hydrogen (secondary N) is 1. The van der Waals surface area contributed by atoms with Crippen molar-refractivity contribution in [3.63, 3.8) is 0 Å². The first kappa shape index (κ1) is 16.0. The van der Waals surface area contributed by atoms with E-state index in [1.54, 1.807) is 0 Å². The largest absolute Gasteiger partial charge is 0.391 e. The van der Waals surface area contributed by atoms with Crippen molar-refractivity contribution < 1.29 is 27.1 Å². The van der Waals surface area contributed by atoms with Crippen LogP contribution in [0.5, 0.6) is 0 Å². The van der Waals surface area contributed by atoms with Gasteiger partial charge in [0.05, 0.1) is 6.10 Å². The van der Waals surface area contributed by atoms with Crippen molar-refractivity contribution in [2.45, 2.75) is 38.2 Å². The monoisotopic (exact) mass is 309 g/mol. The summed E-state index contributed by atoms with van der Waals surface area (Å²) in [6.45, 7) is -0.269. The van der Waals surface area contributed by atoms with Gasteiger partial charge in [0.15, 0.2) is 23.3 Å². The Bertz CT molecular complexity index is 488. The standard InChI is InChI=1S/C14H16F5NO/c15-9-10(16)12(18)14(13(19)11(9)17)20-6-8(21)5-7-3-1-2-4-7/h7-8,20-21H,1-6H2. The van der Waals surface area contributed by atoms with E-state index in [2.05, 4.69) is 5.32 Å². The molecule has 1 aliphatic carbocycles. The molecule has 21 heavy (non-hydrogen) atoms. The van der Waals surface area contributed by atoms with Crippen LogP contribution in [0.25, 0.3) is 0 Å². The molecule has 1 aromatic rings. The maximum Gasteiger partial charge on any atom is 0.200 e. The second kappa shape index (κ2) is 6.60. The average molecular weight is 309 g/mol. The predicted molar refractivity (Wildman–Crippen MR) is 67.3 cm³/mol. The van der Waals surface area contributed by atoms with Gasteiger partial charge in [0.1, 0.15) is 5.69 Å². The molecule has 1 aliphatic rings. The Morgan fingerprint density at radius 1 is 0.905 bits per heavy atom. The highest BCUT2D eigenvalue weighted by Gasteiger charge is 2.26. The van der Waals surface area contributed by atoms with Crippen LogP contribution in [0, 0.1) is 35.0 Å². The first-order valence-electron chi connectivity index (χ1n) is 6.85. The Labute approximate surface area is 119 Å². The molecule has 0 bridgehead atoms. The van der Waals surface area contributed by atoms with Gasteiger partial charge in [0.2, 0.25) is 5.82 Å². The molecule has 0 aliphatic heterocycles. The summed E-state index contributed by atoms with van der Waals surface area (Å²) in [5, 5.41) is 11.9. The molecule has 1 fully saturated rings. The third-order valence-corrected chi connectivity index (χ3v) is 3.80. The van der Waals surface area contributed by atoms with Gasteiger partial charge in [0, 0.05) is 6.54 Å². The zero-order valence-corrected chi connectivity index (χ0v) is 11.2. The van der Waals surface area contributed by atoms with Gasteiger partial charge in [-0.15, -0.1) is 0 Å². The van der Waals surface area contributed by atoms with Crippen molar-refractivity contribution in [2.24, 2.45) is 5.92 Å². The first-order chi connectivity index (χ1) is 9.91. The maximum absolute atomic E-state index is 13.4. The van der Waals surface area contributed by atoms with Crippen LogP contribution in [0.2, 0.25) is 0 Å². The minimum absolute atomic E-state index is 0.269. The lowest BCUT2D eigenvalue weighted by Gasteiger charge is -2.17. The lowest BCUT2D eigenvalue weighted by atomic mass is 10.00. The van der Waals surface area contributed by atoms with Crippen molar-refractivity contribution in [3.8, 4) is 0 Å². The molecule has 0 amide bonds. The Hall–Kier alpha value is -1.37. The van der Waals surface area contributed by atoms with Crippen LogP contribution in [0.3, 0.4) is 0 Å². The highest BCUT2D eigenvalue weighted by molar-refractivity contribution is 5.47. The Balaban J connectivity index is 2.02. The number of hydrogen-bond donors (Lipinski definition) is 2. The first-order valence-corrected chi connectivity index (χ1v) is 6.85. The van der Waals surface area contributed by atoms with E-state index in [1.165, 1.54) is 0 Å². The van der Waals surface area contributed by atoms with E-state index in [0.29, 0.717) is 12.3 Å². The van der Waals surface area contributed by atoms with Gasteiger partial charge in [0.25, 0.3) is 0 Å². The van der Waals surface area contributed by atoms with Crippen LogP contribution in [0.4, 0.5) is 27.6 Å². The average Bonchev–Trinajstić information content (AvgIpc) is 2.96. The van der Waals surface area contributed by atoms with Gasteiger partial charge in [-0.05, 0) is 12.3 Å². The number of aliphatic hydroxyl groups is 1. The van der Waals surface area contributed by atoms with Crippen molar-refractivity contribution in [1.82, 2.24) is 0 Å². The van der Waals surface area contributed by atoms with Crippen LogP contribution in [0.15, 0.2) is 0 Å². The molecule has 2 nitrogen and oxygen atoms in total. The summed E-state index contributed by atoms with van der Waals surface area (Å²) < 4.78 is 65.6. The third-order valence-electron chi connectivity index (χ3n) is 3.80. The normalized spacial score (nSPS) is 17.2. The fourth-order valence-corrected chi connectivity index (χ4v) is 2.69. The maximum atomic E-state index is 13.4. The number of anilines is 1. The summed E-state index contributed by atoms with van der Waals surface area (Å²) in [6, 6.07) is 0. The number of aliphatic hydroxyl groups excluding tert-OH is 1. The van der Waals surface area contributed by atoms with Gasteiger partial charge in [-0.1, -0.05) is 25.7 Å². The van der Waals surface area contributed by atoms with E-state index >= 15 is 0 Å². The summed E-state index contributed by atoms with van der Waals surface area (Å²) >= 11 is 0. The molecule has 1 atom stereocenters. The second-order valence-electron chi connectivity index (χ2n) is 5.37. The second-order valence-corrected chi connectivity index (χ2v) is 5.37. The van der Waals surface area contributed by atoms with Gasteiger partial charge in [-0.25, -0.2) is 22.0 Å². The minimum atomic E-state index is -2.19. The molecule has 0 radical (unpaired) electrons. The molecular weight excluding hydrogens is 293 g/mol. The van der Waals surface area contributed by atoms with E-state index in [4.69, 9.17) is 0 Å². The molecule has 0 aromatic heterocycles. The zero-order valence-electron chi connectivity index (χ0n) is 11.2. The summed E-state index contributed by atoms with van der Waals surface area (Å²) in [7, 11) is 0. The van der Waals surface area contributed by atoms with Gasteiger partial charge < -0.3 is 10.4 Å². The molecular formula is C14H16F5NO. The van der Waals surface area contributed by atoms with Crippen LogP contribution >= 0.6 is 0 Å². The topological polar surface area (TPSA) is 32.3 Å². The Morgan fingerprint density at radius 2 is 1.38 bits per heavy atom.